The van der Waals surface area contributed by atoms with Gasteiger partial charge in [0.05, 0.1) is 19.8 Å². The fourth-order valence-electron chi connectivity index (χ4n) is 2.80. The molecule has 24 heavy (non-hydrogen) atoms. The number of hydrogen-bond acceptors (Lipinski definition) is 4. The van der Waals surface area contributed by atoms with Crippen LogP contribution in [0.25, 0.3) is 0 Å². The van der Waals surface area contributed by atoms with Crippen LogP contribution in [0.5, 0.6) is 11.5 Å². The number of hydrogen-bond donors (Lipinski definition) is 0. The molecule has 2 aromatic rings. The van der Waals surface area contributed by atoms with E-state index in [1.807, 2.05) is 12.1 Å². The SMILES string of the molecule is COc1cc2c(cc1OC)CN(C(=O)c1cc(Br)cnc1Cl)CC2. The largest absolute Gasteiger partial charge is 0.493 e. The summed E-state index contributed by atoms with van der Waals surface area (Å²) in [7, 11) is 3.22. The highest BCUT2D eigenvalue weighted by molar-refractivity contribution is 9.10. The molecule has 0 spiro atoms. The van der Waals surface area contributed by atoms with Gasteiger partial charge in [0.1, 0.15) is 5.15 Å². The molecule has 0 saturated carbocycles. The fourth-order valence-corrected chi connectivity index (χ4v) is 3.31. The summed E-state index contributed by atoms with van der Waals surface area (Å²) in [4.78, 5) is 18.6. The summed E-state index contributed by atoms with van der Waals surface area (Å²) in [5.41, 5.74) is 2.61. The monoisotopic (exact) mass is 410 g/mol. The molecule has 1 aliphatic heterocycles. The summed E-state index contributed by atoms with van der Waals surface area (Å²) >= 11 is 9.41. The topological polar surface area (TPSA) is 51.7 Å². The van der Waals surface area contributed by atoms with Crippen LogP contribution in [0.15, 0.2) is 28.9 Å². The zero-order valence-corrected chi connectivity index (χ0v) is 15.6. The molecule has 0 bridgehead atoms. The normalized spacial score (nSPS) is 13.4. The number of fused-ring (bicyclic) bond motifs is 1. The zero-order valence-electron chi connectivity index (χ0n) is 13.3. The van der Waals surface area contributed by atoms with Gasteiger partial charge in [0.25, 0.3) is 5.91 Å². The Morgan fingerprint density at radius 1 is 1.21 bits per heavy atom. The van der Waals surface area contributed by atoms with Crippen LogP contribution in [-0.2, 0) is 13.0 Å². The lowest BCUT2D eigenvalue weighted by Gasteiger charge is -2.30. The van der Waals surface area contributed by atoms with Gasteiger partial charge in [-0.05, 0) is 51.7 Å². The number of benzene rings is 1. The summed E-state index contributed by atoms with van der Waals surface area (Å²) < 4.78 is 11.4. The van der Waals surface area contributed by atoms with Crippen molar-refractivity contribution < 1.29 is 14.3 Å². The summed E-state index contributed by atoms with van der Waals surface area (Å²) in [6, 6.07) is 5.60. The lowest BCUT2D eigenvalue weighted by molar-refractivity contribution is 0.0734. The first-order valence-corrected chi connectivity index (χ1v) is 8.54. The maximum Gasteiger partial charge on any atom is 0.257 e. The highest BCUT2D eigenvalue weighted by atomic mass is 79.9. The average Bonchev–Trinajstić information content (AvgIpc) is 2.61. The Labute approximate surface area is 153 Å². The Hall–Kier alpha value is -1.79. The number of aromatic nitrogens is 1. The van der Waals surface area contributed by atoms with Crippen LogP contribution >= 0.6 is 27.5 Å². The van der Waals surface area contributed by atoms with Crippen LogP contribution in [0.2, 0.25) is 5.15 Å². The van der Waals surface area contributed by atoms with Crippen LogP contribution < -0.4 is 9.47 Å². The lowest BCUT2D eigenvalue weighted by Crippen LogP contribution is -2.36. The smallest absolute Gasteiger partial charge is 0.257 e. The molecule has 0 atom stereocenters. The van der Waals surface area contributed by atoms with Gasteiger partial charge in [-0.1, -0.05) is 11.6 Å². The van der Waals surface area contributed by atoms with Crippen molar-refractivity contribution in [1.29, 1.82) is 0 Å². The van der Waals surface area contributed by atoms with Gasteiger partial charge in [-0.3, -0.25) is 4.79 Å². The molecule has 0 fully saturated rings. The van der Waals surface area contributed by atoms with Crippen molar-refractivity contribution in [2.75, 3.05) is 20.8 Å². The molecule has 0 saturated heterocycles. The molecule has 126 valence electrons. The zero-order chi connectivity index (χ0) is 17.3. The minimum absolute atomic E-state index is 0.130. The van der Waals surface area contributed by atoms with Crippen LogP contribution in [0.4, 0.5) is 0 Å². The Morgan fingerprint density at radius 3 is 2.54 bits per heavy atom. The van der Waals surface area contributed by atoms with Gasteiger partial charge in [0, 0.05) is 23.8 Å². The van der Waals surface area contributed by atoms with Crippen LogP contribution in [0, 0.1) is 0 Å². The van der Waals surface area contributed by atoms with Crippen molar-refractivity contribution in [2.45, 2.75) is 13.0 Å². The molecule has 3 rings (SSSR count). The van der Waals surface area contributed by atoms with E-state index in [4.69, 9.17) is 21.1 Å². The molecule has 7 heteroatoms. The Balaban J connectivity index is 1.89. The van der Waals surface area contributed by atoms with Crippen molar-refractivity contribution in [3.05, 3.63) is 50.7 Å². The molecular formula is C17H16BrClN2O3. The maximum absolute atomic E-state index is 12.8. The van der Waals surface area contributed by atoms with Crippen LogP contribution in [0.1, 0.15) is 21.5 Å². The number of carbonyl (C=O) groups is 1. The number of rotatable bonds is 3. The summed E-state index contributed by atoms with van der Waals surface area (Å²) in [5.74, 6) is 1.23. The second-order valence-corrected chi connectivity index (χ2v) is 6.72. The highest BCUT2D eigenvalue weighted by Gasteiger charge is 2.25. The number of halogens is 2. The number of ether oxygens (including phenoxy) is 2. The third kappa shape index (κ3) is 3.21. The molecule has 0 N–H and O–H groups in total. The second kappa shape index (κ2) is 6.99. The van der Waals surface area contributed by atoms with Gasteiger partial charge in [-0.15, -0.1) is 0 Å². The van der Waals surface area contributed by atoms with E-state index < -0.39 is 0 Å². The molecule has 1 aliphatic rings. The van der Waals surface area contributed by atoms with E-state index in [9.17, 15) is 4.79 Å². The summed E-state index contributed by atoms with van der Waals surface area (Å²) in [5, 5.41) is 0.210. The Bertz CT molecular complexity index is 798. The number of carbonyl (C=O) groups excluding carboxylic acids is 1. The average molecular weight is 412 g/mol. The molecule has 0 radical (unpaired) electrons. The van der Waals surface area contributed by atoms with Gasteiger partial charge in [-0.2, -0.15) is 0 Å². The first-order chi connectivity index (χ1) is 11.5. The van der Waals surface area contributed by atoms with E-state index in [0.29, 0.717) is 30.2 Å². The van der Waals surface area contributed by atoms with E-state index in [1.165, 1.54) is 0 Å². The van der Waals surface area contributed by atoms with Gasteiger partial charge >= 0.3 is 0 Å². The third-order valence-electron chi connectivity index (χ3n) is 4.04. The first-order valence-electron chi connectivity index (χ1n) is 7.37. The number of amides is 1. The van der Waals surface area contributed by atoms with Crippen LogP contribution in [0.3, 0.4) is 0 Å². The Kier molecular flexibility index (Phi) is 4.96. The molecule has 1 aromatic heterocycles. The number of nitrogens with zero attached hydrogens (tertiary/aromatic N) is 2. The van der Waals surface area contributed by atoms with Crippen molar-refractivity contribution in [3.63, 3.8) is 0 Å². The minimum atomic E-state index is -0.130. The van der Waals surface area contributed by atoms with E-state index >= 15 is 0 Å². The van der Waals surface area contributed by atoms with E-state index in [2.05, 4.69) is 20.9 Å². The standard InChI is InChI=1S/C17H16BrClN2O3/c1-23-14-5-10-3-4-21(9-11(10)6-15(14)24-2)17(22)13-7-12(18)8-20-16(13)19/h5-8H,3-4,9H2,1-2H3. The summed E-state index contributed by atoms with van der Waals surface area (Å²) in [6.07, 6.45) is 2.32. The highest BCUT2D eigenvalue weighted by Crippen LogP contribution is 2.33. The quantitative estimate of drug-likeness (QED) is 0.723. The third-order valence-corrected chi connectivity index (χ3v) is 4.78. The van der Waals surface area contributed by atoms with E-state index in [0.717, 1.165) is 22.0 Å². The minimum Gasteiger partial charge on any atom is -0.493 e. The van der Waals surface area contributed by atoms with Gasteiger partial charge < -0.3 is 14.4 Å². The lowest BCUT2D eigenvalue weighted by atomic mass is 9.98. The molecule has 2 heterocycles. The molecule has 1 amide bonds. The van der Waals surface area contributed by atoms with E-state index in [1.54, 1.807) is 31.4 Å². The van der Waals surface area contributed by atoms with Crippen molar-refractivity contribution in [1.82, 2.24) is 9.88 Å². The van der Waals surface area contributed by atoms with Gasteiger partial charge in [0.15, 0.2) is 11.5 Å². The van der Waals surface area contributed by atoms with Gasteiger partial charge in [0.2, 0.25) is 0 Å². The predicted octanol–water partition coefficient (Wildman–Crippen LogP) is 3.71. The second-order valence-electron chi connectivity index (χ2n) is 5.44. The Morgan fingerprint density at radius 2 is 1.88 bits per heavy atom. The van der Waals surface area contributed by atoms with E-state index in [-0.39, 0.29) is 11.1 Å². The molecule has 1 aromatic carbocycles. The molecule has 5 nitrogen and oxygen atoms in total. The predicted molar refractivity (Wildman–Crippen MR) is 94.9 cm³/mol. The number of methoxy groups -OCH3 is 2. The summed E-state index contributed by atoms with van der Waals surface area (Å²) in [6.45, 7) is 1.11. The van der Waals surface area contributed by atoms with Crippen LogP contribution in [-0.4, -0.2) is 36.6 Å². The first kappa shape index (κ1) is 17.0. The maximum atomic E-state index is 12.8. The fraction of sp³-hybridized carbons (Fsp3) is 0.294. The molecule has 0 unspecified atom stereocenters. The molecular weight excluding hydrogens is 396 g/mol. The molecule has 0 aliphatic carbocycles. The van der Waals surface area contributed by atoms with Crippen molar-refractivity contribution in [3.8, 4) is 11.5 Å². The van der Waals surface area contributed by atoms with Gasteiger partial charge in [-0.25, -0.2) is 4.98 Å². The van der Waals surface area contributed by atoms with Crippen molar-refractivity contribution >= 4 is 33.4 Å². The van der Waals surface area contributed by atoms with Crippen molar-refractivity contribution in [2.24, 2.45) is 0 Å². The number of pyridine rings is 1.